The van der Waals surface area contributed by atoms with Gasteiger partial charge in [-0.3, -0.25) is 0 Å². The zero-order valence-electron chi connectivity index (χ0n) is 30.5. The summed E-state index contributed by atoms with van der Waals surface area (Å²) in [6.45, 7) is 0. The predicted molar refractivity (Wildman–Crippen MR) is 229 cm³/mol. The van der Waals surface area contributed by atoms with Crippen molar-refractivity contribution in [1.29, 1.82) is 0 Å². The Hall–Kier alpha value is -6.88. The van der Waals surface area contributed by atoms with E-state index in [-0.39, 0.29) is 0 Å². The second-order valence-electron chi connectivity index (χ2n) is 14.0. The smallest absolute Gasteiger partial charge is 0.164 e. The summed E-state index contributed by atoms with van der Waals surface area (Å²) >= 11 is 1.85. The van der Waals surface area contributed by atoms with Crippen molar-refractivity contribution in [2.45, 2.75) is 15.2 Å². The average Bonchev–Trinajstić information content (AvgIpc) is 3.29. The molecule has 0 saturated heterocycles. The SMILES string of the molecule is c1ccc(-c2cccc(-c3nc(-c4ccccc4)nc(-c4ccc(-c5ccc6c(c5)C(c5ccccc5)(c5ccccc5)c5ccccc5S6)cc4)n3)c2)cc1. The third-order valence-electron chi connectivity index (χ3n) is 10.7. The highest BCUT2D eigenvalue weighted by Crippen LogP contribution is 2.56. The van der Waals surface area contributed by atoms with Crippen molar-refractivity contribution in [2.75, 3.05) is 0 Å². The van der Waals surface area contributed by atoms with E-state index in [1.807, 2.05) is 48.2 Å². The first kappa shape index (κ1) is 33.7. The van der Waals surface area contributed by atoms with Crippen LogP contribution in [-0.4, -0.2) is 15.0 Å². The molecule has 1 aliphatic rings. The van der Waals surface area contributed by atoms with Crippen LogP contribution in [0.5, 0.6) is 0 Å². The van der Waals surface area contributed by atoms with Gasteiger partial charge in [-0.15, -0.1) is 0 Å². The minimum absolute atomic E-state index is 0.484. The molecule has 0 saturated carbocycles. The second-order valence-corrected chi connectivity index (χ2v) is 15.1. The Labute approximate surface area is 331 Å². The predicted octanol–water partition coefficient (Wildman–Crippen LogP) is 13.1. The lowest BCUT2D eigenvalue weighted by atomic mass is 9.64. The van der Waals surface area contributed by atoms with Gasteiger partial charge in [0.25, 0.3) is 0 Å². The van der Waals surface area contributed by atoms with Crippen LogP contribution in [0.25, 0.3) is 56.4 Å². The van der Waals surface area contributed by atoms with Crippen molar-refractivity contribution in [3.63, 3.8) is 0 Å². The van der Waals surface area contributed by atoms with E-state index in [4.69, 9.17) is 15.0 Å². The molecule has 1 aromatic heterocycles. The molecule has 9 aromatic rings. The van der Waals surface area contributed by atoms with Crippen LogP contribution in [0.1, 0.15) is 22.3 Å². The molecule has 0 spiro atoms. The van der Waals surface area contributed by atoms with E-state index in [0.29, 0.717) is 17.5 Å². The third kappa shape index (κ3) is 6.01. The lowest BCUT2D eigenvalue weighted by Crippen LogP contribution is -2.34. The summed E-state index contributed by atoms with van der Waals surface area (Å²) in [4.78, 5) is 17.6. The molecule has 8 aromatic carbocycles. The maximum absolute atomic E-state index is 5.08. The number of hydrogen-bond acceptors (Lipinski definition) is 4. The van der Waals surface area contributed by atoms with Crippen molar-refractivity contribution in [2.24, 2.45) is 0 Å². The number of aromatic nitrogens is 3. The van der Waals surface area contributed by atoms with E-state index < -0.39 is 5.41 Å². The zero-order valence-corrected chi connectivity index (χ0v) is 31.3. The topological polar surface area (TPSA) is 38.7 Å². The molecule has 0 aliphatic carbocycles. The normalized spacial score (nSPS) is 12.7. The highest BCUT2D eigenvalue weighted by Gasteiger charge is 2.44. The van der Waals surface area contributed by atoms with Gasteiger partial charge in [0, 0.05) is 26.5 Å². The number of fused-ring (bicyclic) bond motifs is 2. The molecule has 264 valence electrons. The number of nitrogens with zero attached hydrogens (tertiary/aromatic N) is 3. The maximum Gasteiger partial charge on any atom is 0.164 e. The molecule has 0 radical (unpaired) electrons. The van der Waals surface area contributed by atoms with E-state index in [1.54, 1.807) is 0 Å². The molecule has 1 aliphatic heterocycles. The molecular formula is C52H35N3S. The summed E-state index contributed by atoms with van der Waals surface area (Å²) < 4.78 is 0. The van der Waals surface area contributed by atoms with Crippen molar-refractivity contribution in [1.82, 2.24) is 15.0 Å². The fourth-order valence-corrected chi connectivity index (χ4v) is 9.19. The Morgan fingerprint density at radius 2 is 0.696 bits per heavy atom. The minimum atomic E-state index is -0.484. The van der Waals surface area contributed by atoms with Crippen LogP contribution in [0.2, 0.25) is 0 Å². The lowest BCUT2D eigenvalue weighted by molar-refractivity contribution is 0.703. The van der Waals surface area contributed by atoms with Gasteiger partial charge in [0.05, 0.1) is 5.41 Å². The first-order valence-electron chi connectivity index (χ1n) is 18.9. The first-order chi connectivity index (χ1) is 27.7. The molecule has 0 bridgehead atoms. The van der Waals surface area contributed by atoms with Crippen LogP contribution in [0.3, 0.4) is 0 Å². The van der Waals surface area contributed by atoms with Crippen LogP contribution >= 0.6 is 11.8 Å². The van der Waals surface area contributed by atoms with E-state index in [9.17, 15) is 0 Å². The van der Waals surface area contributed by atoms with Gasteiger partial charge in [0.1, 0.15) is 0 Å². The van der Waals surface area contributed by atoms with Gasteiger partial charge in [-0.05, 0) is 68.8 Å². The maximum atomic E-state index is 5.08. The van der Waals surface area contributed by atoms with Crippen molar-refractivity contribution in [3.8, 4) is 56.4 Å². The summed E-state index contributed by atoms with van der Waals surface area (Å²) in [5.74, 6) is 1.92. The summed E-state index contributed by atoms with van der Waals surface area (Å²) in [6, 6.07) is 75.4. The van der Waals surface area contributed by atoms with Crippen molar-refractivity contribution >= 4 is 11.8 Å². The summed E-state index contributed by atoms with van der Waals surface area (Å²) in [5.41, 5.74) is 12.0. The average molecular weight is 734 g/mol. The van der Waals surface area contributed by atoms with E-state index in [0.717, 1.165) is 38.9 Å². The molecule has 0 N–H and O–H groups in total. The molecule has 3 nitrogen and oxygen atoms in total. The van der Waals surface area contributed by atoms with Gasteiger partial charge in [-0.2, -0.15) is 0 Å². The lowest BCUT2D eigenvalue weighted by Gasteiger charge is -2.42. The summed E-state index contributed by atoms with van der Waals surface area (Å²) in [5, 5.41) is 0. The van der Waals surface area contributed by atoms with Crippen LogP contribution in [0.4, 0.5) is 0 Å². The Balaban J connectivity index is 1.08. The molecule has 0 unspecified atom stereocenters. The summed E-state index contributed by atoms with van der Waals surface area (Å²) in [6.07, 6.45) is 0. The molecule has 0 fully saturated rings. The van der Waals surface area contributed by atoms with Crippen LogP contribution in [0, 0.1) is 0 Å². The van der Waals surface area contributed by atoms with Gasteiger partial charge in [-0.1, -0.05) is 200 Å². The second kappa shape index (κ2) is 14.4. The van der Waals surface area contributed by atoms with Gasteiger partial charge in [0.15, 0.2) is 17.5 Å². The Kier molecular flexibility index (Phi) is 8.66. The van der Waals surface area contributed by atoms with Crippen LogP contribution < -0.4 is 0 Å². The molecule has 10 rings (SSSR count). The Morgan fingerprint density at radius 3 is 1.34 bits per heavy atom. The fourth-order valence-electron chi connectivity index (χ4n) is 8.02. The first-order valence-corrected chi connectivity index (χ1v) is 19.7. The largest absolute Gasteiger partial charge is 0.208 e. The van der Waals surface area contributed by atoms with E-state index in [2.05, 4.69) is 176 Å². The van der Waals surface area contributed by atoms with Crippen LogP contribution in [0.15, 0.2) is 222 Å². The van der Waals surface area contributed by atoms with E-state index >= 15 is 0 Å². The standard InChI is InChI=1S/C52H35N3S/c1-5-16-36(17-6-1)40-20-15-21-42(34-40)51-54-49(38-18-7-2-8-19-38)53-50(55-51)39-30-28-37(29-31-39)41-32-33-48-46(35-41)52(43-22-9-3-10-23-43,44-24-11-4-12-25-44)45-26-13-14-27-47(45)56-48/h1-35H. The Bertz CT molecular complexity index is 2770. The Morgan fingerprint density at radius 1 is 0.286 bits per heavy atom. The minimum Gasteiger partial charge on any atom is -0.208 e. The van der Waals surface area contributed by atoms with Crippen molar-refractivity contribution in [3.05, 3.63) is 235 Å². The molecule has 4 heteroatoms. The van der Waals surface area contributed by atoms with Gasteiger partial charge in [-0.25, -0.2) is 15.0 Å². The number of rotatable bonds is 7. The summed E-state index contributed by atoms with van der Waals surface area (Å²) in [7, 11) is 0. The molecule has 0 atom stereocenters. The van der Waals surface area contributed by atoms with Crippen molar-refractivity contribution < 1.29 is 0 Å². The highest BCUT2D eigenvalue weighted by molar-refractivity contribution is 7.99. The van der Waals surface area contributed by atoms with Gasteiger partial charge in [0.2, 0.25) is 0 Å². The fraction of sp³-hybridized carbons (Fsp3) is 0.0192. The van der Waals surface area contributed by atoms with Gasteiger partial charge >= 0.3 is 0 Å². The molecule has 2 heterocycles. The zero-order chi connectivity index (χ0) is 37.3. The number of benzene rings is 8. The highest BCUT2D eigenvalue weighted by atomic mass is 32.2. The number of hydrogen-bond donors (Lipinski definition) is 0. The monoisotopic (exact) mass is 733 g/mol. The van der Waals surface area contributed by atoms with Gasteiger partial charge < -0.3 is 0 Å². The van der Waals surface area contributed by atoms with E-state index in [1.165, 1.54) is 32.0 Å². The molecule has 56 heavy (non-hydrogen) atoms. The third-order valence-corrected chi connectivity index (χ3v) is 11.8. The quantitative estimate of drug-likeness (QED) is 0.163. The molecule has 0 amide bonds. The van der Waals surface area contributed by atoms with Crippen LogP contribution in [-0.2, 0) is 5.41 Å². The molecular weight excluding hydrogens is 699 g/mol.